The number of piperidine rings is 1. The summed E-state index contributed by atoms with van der Waals surface area (Å²) in [5, 5.41) is 18.7. The van der Waals surface area contributed by atoms with Crippen LogP contribution in [0.25, 0.3) is 0 Å². The Labute approximate surface area is 177 Å². The molecule has 0 bridgehead atoms. The number of aliphatic hydroxyl groups is 2. The lowest BCUT2D eigenvalue weighted by molar-refractivity contribution is 0.0605. The molecule has 0 radical (unpaired) electrons. The number of hydrogen-bond acceptors (Lipinski definition) is 7. The molecule has 7 heteroatoms. The van der Waals surface area contributed by atoms with Crippen LogP contribution >= 0.6 is 0 Å². The second-order valence-electron chi connectivity index (χ2n) is 8.33. The molecule has 0 spiro atoms. The van der Waals surface area contributed by atoms with Crippen LogP contribution in [0.3, 0.4) is 0 Å². The van der Waals surface area contributed by atoms with Crippen LogP contribution in [0.2, 0.25) is 0 Å². The SMILES string of the molecule is COc1cc2c(cc1OC(CO)CO)CCN1CC(c3cc(C)ccn3)C(N)CC21. The maximum Gasteiger partial charge on any atom is 0.162 e. The first kappa shape index (κ1) is 21.1. The van der Waals surface area contributed by atoms with Crippen LogP contribution in [0.1, 0.15) is 40.8 Å². The molecule has 0 aliphatic carbocycles. The number of ether oxygens (including phenoxy) is 2. The van der Waals surface area contributed by atoms with E-state index in [-0.39, 0.29) is 31.2 Å². The van der Waals surface area contributed by atoms with Crippen molar-refractivity contribution in [3.8, 4) is 11.5 Å². The third-order valence-corrected chi connectivity index (χ3v) is 6.35. The van der Waals surface area contributed by atoms with Crippen LogP contribution in [0.15, 0.2) is 30.5 Å². The van der Waals surface area contributed by atoms with Gasteiger partial charge in [-0.25, -0.2) is 0 Å². The highest BCUT2D eigenvalue weighted by atomic mass is 16.5. The van der Waals surface area contributed by atoms with Crippen LogP contribution in [0.4, 0.5) is 0 Å². The Morgan fingerprint density at radius 3 is 2.73 bits per heavy atom. The predicted molar refractivity (Wildman–Crippen MR) is 114 cm³/mol. The second kappa shape index (κ2) is 8.89. The van der Waals surface area contributed by atoms with Gasteiger partial charge in [0.15, 0.2) is 11.5 Å². The molecule has 0 saturated carbocycles. The van der Waals surface area contributed by atoms with Gasteiger partial charge in [0.2, 0.25) is 0 Å². The molecule has 4 N–H and O–H groups in total. The molecular weight excluding hydrogens is 382 g/mol. The highest BCUT2D eigenvalue weighted by molar-refractivity contribution is 5.50. The molecule has 1 aromatic heterocycles. The zero-order valence-electron chi connectivity index (χ0n) is 17.6. The van der Waals surface area contributed by atoms with Crippen LogP contribution < -0.4 is 15.2 Å². The smallest absolute Gasteiger partial charge is 0.162 e. The van der Waals surface area contributed by atoms with Crippen LogP contribution in [0.5, 0.6) is 11.5 Å². The second-order valence-corrected chi connectivity index (χ2v) is 8.33. The van der Waals surface area contributed by atoms with E-state index in [0.717, 1.165) is 31.6 Å². The largest absolute Gasteiger partial charge is 0.493 e. The summed E-state index contributed by atoms with van der Waals surface area (Å²) in [6.07, 6.45) is 2.96. The standard InChI is InChI=1S/C23H31N3O4/c1-14-3-5-25-20(7-14)18-11-26-6-4-15-8-23(30-16(12-27)13-28)22(29-2)9-17(15)21(26)10-19(18)24/h3,5,7-9,16,18-19,21,27-28H,4,6,10-13,24H2,1-2H3. The molecule has 30 heavy (non-hydrogen) atoms. The van der Waals surface area contributed by atoms with E-state index in [2.05, 4.69) is 22.9 Å². The van der Waals surface area contributed by atoms with Crippen molar-refractivity contribution in [2.45, 2.75) is 43.9 Å². The van der Waals surface area contributed by atoms with Gasteiger partial charge in [0.1, 0.15) is 6.10 Å². The van der Waals surface area contributed by atoms with Crippen molar-refractivity contribution in [2.75, 3.05) is 33.4 Å². The quantitative estimate of drug-likeness (QED) is 0.660. The highest BCUT2D eigenvalue weighted by Gasteiger charge is 2.39. The van der Waals surface area contributed by atoms with Gasteiger partial charge in [-0.15, -0.1) is 0 Å². The number of aliphatic hydroxyl groups excluding tert-OH is 2. The average molecular weight is 414 g/mol. The van der Waals surface area contributed by atoms with Crippen molar-refractivity contribution < 1.29 is 19.7 Å². The van der Waals surface area contributed by atoms with Crippen molar-refractivity contribution in [1.82, 2.24) is 9.88 Å². The number of benzene rings is 1. The van der Waals surface area contributed by atoms with E-state index in [1.807, 2.05) is 24.4 Å². The van der Waals surface area contributed by atoms with E-state index in [0.29, 0.717) is 11.5 Å². The van der Waals surface area contributed by atoms with Crippen molar-refractivity contribution in [2.24, 2.45) is 5.73 Å². The number of methoxy groups -OCH3 is 1. The minimum absolute atomic E-state index is 0.0292. The van der Waals surface area contributed by atoms with E-state index < -0.39 is 6.10 Å². The number of hydrogen-bond donors (Lipinski definition) is 3. The van der Waals surface area contributed by atoms with E-state index in [1.54, 1.807) is 7.11 Å². The molecule has 3 unspecified atom stereocenters. The lowest BCUT2D eigenvalue weighted by atomic mass is 9.79. The molecule has 1 saturated heterocycles. The summed E-state index contributed by atoms with van der Waals surface area (Å²) < 4.78 is 11.3. The molecule has 2 aromatic rings. The van der Waals surface area contributed by atoms with Crippen molar-refractivity contribution in [3.63, 3.8) is 0 Å². The van der Waals surface area contributed by atoms with Gasteiger partial charge in [0, 0.05) is 43.0 Å². The molecule has 3 heterocycles. The first-order chi connectivity index (χ1) is 14.5. The zero-order chi connectivity index (χ0) is 21.3. The van der Waals surface area contributed by atoms with Gasteiger partial charge in [-0.1, -0.05) is 0 Å². The Bertz CT molecular complexity index is 887. The Morgan fingerprint density at radius 2 is 2.03 bits per heavy atom. The number of aromatic nitrogens is 1. The van der Waals surface area contributed by atoms with Gasteiger partial charge in [-0.2, -0.15) is 0 Å². The zero-order valence-corrected chi connectivity index (χ0v) is 17.6. The minimum Gasteiger partial charge on any atom is -0.493 e. The van der Waals surface area contributed by atoms with Gasteiger partial charge in [0.05, 0.1) is 20.3 Å². The summed E-state index contributed by atoms with van der Waals surface area (Å²) in [6.45, 7) is 3.41. The van der Waals surface area contributed by atoms with Gasteiger partial charge >= 0.3 is 0 Å². The lowest BCUT2D eigenvalue weighted by Gasteiger charge is -2.46. The minimum atomic E-state index is -0.664. The monoisotopic (exact) mass is 413 g/mol. The summed E-state index contributed by atoms with van der Waals surface area (Å²) in [4.78, 5) is 7.10. The Morgan fingerprint density at radius 1 is 1.23 bits per heavy atom. The number of nitrogens with zero attached hydrogens (tertiary/aromatic N) is 2. The van der Waals surface area contributed by atoms with Gasteiger partial charge in [-0.05, 0) is 60.7 Å². The van der Waals surface area contributed by atoms with Crippen LogP contribution in [-0.4, -0.2) is 65.7 Å². The average Bonchev–Trinajstić information content (AvgIpc) is 2.76. The molecule has 1 aromatic carbocycles. The Hall–Kier alpha value is -2.19. The molecule has 0 amide bonds. The molecule has 7 nitrogen and oxygen atoms in total. The molecule has 2 aliphatic rings. The topological polar surface area (TPSA) is 101 Å². The lowest BCUT2D eigenvalue weighted by Crippen LogP contribution is -2.50. The maximum atomic E-state index is 9.36. The number of fused-ring (bicyclic) bond motifs is 3. The fourth-order valence-corrected chi connectivity index (χ4v) is 4.70. The van der Waals surface area contributed by atoms with Crippen molar-refractivity contribution >= 4 is 0 Å². The van der Waals surface area contributed by atoms with Crippen molar-refractivity contribution in [1.29, 1.82) is 0 Å². The van der Waals surface area contributed by atoms with Crippen LogP contribution in [0, 0.1) is 6.92 Å². The fraction of sp³-hybridized carbons (Fsp3) is 0.522. The summed E-state index contributed by atoms with van der Waals surface area (Å²) >= 11 is 0. The third-order valence-electron chi connectivity index (χ3n) is 6.35. The third kappa shape index (κ3) is 4.03. The first-order valence-corrected chi connectivity index (χ1v) is 10.5. The number of nitrogens with two attached hydrogens (primary N) is 1. The molecule has 1 fully saturated rings. The van der Waals surface area contributed by atoms with Crippen LogP contribution in [-0.2, 0) is 6.42 Å². The molecule has 162 valence electrons. The summed E-state index contributed by atoms with van der Waals surface area (Å²) in [6, 6.07) is 8.45. The summed E-state index contributed by atoms with van der Waals surface area (Å²) in [5.41, 5.74) is 11.4. The molecule has 4 rings (SSSR count). The number of rotatable bonds is 6. The van der Waals surface area contributed by atoms with E-state index in [1.165, 1.54) is 16.7 Å². The first-order valence-electron chi connectivity index (χ1n) is 10.5. The van der Waals surface area contributed by atoms with E-state index >= 15 is 0 Å². The molecular formula is C23H31N3O4. The summed E-state index contributed by atoms with van der Waals surface area (Å²) in [5.74, 6) is 1.39. The summed E-state index contributed by atoms with van der Waals surface area (Å²) in [7, 11) is 1.61. The van der Waals surface area contributed by atoms with Gasteiger partial charge in [0.25, 0.3) is 0 Å². The normalized spacial score (nSPS) is 23.7. The van der Waals surface area contributed by atoms with Gasteiger partial charge < -0.3 is 25.4 Å². The van der Waals surface area contributed by atoms with E-state index in [9.17, 15) is 10.2 Å². The fourth-order valence-electron chi connectivity index (χ4n) is 4.70. The molecule has 3 atom stereocenters. The maximum absolute atomic E-state index is 9.36. The number of aryl methyl sites for hydroxylation is 1. The highest BCUT2D eigenvalue weighted by Crippen LogP contribution is 2.44. The van der Waals surface area contributed by atoms with Crippen molar-refractivity contribution in [3.05, 3.63) is 52.8 Å². The van der Waals surface area contributed by atoms with Gasteiger partial charge in [-0.3, -0.25) is 9.88 Å². The molecule has 2 aliphatic heterocycles. The van der Waals surface area contributed by atoms with E-state index in [4.69, 9.17) is 15.2 Å². The predicted octanol–water partition coefficient (Wildman–Crippen LogP) is 1.54. The Kier molecular flexibility index (Phi) is 6.24. The number of pyridine rings is 1. The Balaban J connectivity index is 1.60.